The average Bonchev–Trinajstić information content (AvgIpc) is 2.82. The van der Waals surface area contributed by atoms with Crippen LogP contribution in [0.5, 0.6) is 0 Å². The molecule has 2 rings (SSSR count). The smallest absolute Gasteiger partial charge is 0.194 e. The molecule has 108 valence electrons. The van der Waals surface area contributed by atoms with Crippen molar-refractivity contribution in [3.8, 4) is 11.3 Å². The summed E-state index contributed by atoms with van der Waals surface area (Å²) in [6.07, 6.45) is 2.85. The third-order valence-electron chi connectivity index (χ3n) is 2.80. The molecule has 0 aliphatic rings. The minimum atomic E-state index is -0.674. The summed E-state index contributed by atoms with van der Waals surface area (Å²) >= 11 is 3.04. The van der Waals surface area contributed by atoms with Crippen molar-refractivity contribution in [1.82, 2.24) is 10.3 Å². The maximum Gasteiger partial charge on any atom is 0.194 e. The van der Waals surface area contributed by atoms with Gasteiger partial charge in [0, 0.05) is 10.9 Å². The molecular weight excluding hydrogens is 330 g/mol. The molecule has 0 saturated carbocycles. The number of aryl methyl sites for hydroxylation is 1. The van der Waals surface area contributed by atoms with Crippen molar-refractivity contribution in [1.29, 1.82) is 0 Å². The van der Waals surface area contributed by atoms with Crippen LogP contribution in [0.2, 0.25) is 0 Å². The lowest BCUT2D eigenvalue weighted by Gasteiger charge is -2.02. The molecule has 0 radical (unpaired) electrons. The molecule has 3 nitrogen and oxygen atoms in total. The fourth-order valence-electron chi connectivity index (χ4n) is 1.86. The predicted molar refractivity (Wildman–Crippen MR) is 76.4 cm³/mol. The molecule has 0 saturated heterocycles. The van der Waals surface area contributed by atoms with Gasteiger partial charge in [0.1, 0.15) is 11.6 Å². The standard InChI is InChI=1S/C14H15BrF2N2O/c1-2-18-5-3-4-13-19-8-12(20-13)14-10(16)6-9(15)7-11(14)17/h6-8,18H,2-5H2,1H3. The Balaban J connectivity index is 2.13. The third-order valence-corrected chi connectivity index (χ3v) is 3.26. The van der Waals surface area contributed by atoms with Crippen molar-refractivity contribution in [2.45, 2.75) is 19.8 Å². The van der Waals surface area contributed by atoms with Gasteiger partial charge in [-0.1, -0.05) is 22.9 Å². The Morgan fingerprint density at radius 3 is 2.65 bits per heavy atom. The minimum absolute atomic E-state index is 0.117. The Hall–Kier alpha value is -1.27. The summed E-state index contributed by atoms with van der Waals surface area (Å²) in [7, 11) is 0. The van der Waals surface area contributed by atoms with Gasteiger partial charge in [-0.25, -0.2) is 13.8 Å². The number of nitrogens with one attached hydrogen (secondary N) is 1. The van der Waals surface area contributed by atoms with Crippen LogP contribution in [0, 0.1) is 11.6 Å². The summed E-state index contributed by atoms with van der Waals surface area (Å²) in [4.78, 5) is 4.06. The van der Waals surface area contributed by atoms with E-state index in [4.69, 9.17) is 4.42 Å². The van der Waals surface area contributed by atoms with Crippen LogP contribution in [0.1, 0.15) is 19.2 Å². The molecule has 1 aromatic heterocycles. The highest BCUT2D eigenvalue weighted by molar-refractivity contribution is 9.10. The summed E-state index contributed by atoms with van der Waals surface area (Å²) in [5.41, 5.74) is -0.182. The average molecular weight is 345 g/mol. The van der Waals surface area contributed by atoms with E-state index in [1.165, 1.54) is 18.3 Å². The summed E-state index contributed by atoms with van der Waals surface area (Å²) < 4.78 is 33.3. The van der Waals surface area contributed by atoms with Crippen molar-refractivity contribution < 1.29 is 13.2 Å². The van der Waals surface area contributed by atoms with Gasteiger partial charge in [0.25, 0.3) is 0 Å². The molecule has 0 unspecified atom stereocenters. The summed E-state index contributed by atoms with van der Waals surface area (Å²) in [5.74, 6) is -0.745. The van der Waals surface area contributed by atoms with Gasteiger partial charge in [0.05, 0.1) is 11.8 Å². The van der Waals surface area contributed by atoms with E-state index < -0.39 is 11.6 Å². The summed E-state index contributed by atoms with van der Waals surface area (Å²) in [5, 5.41) is 3.19. The van der Waals surface area contributed by atoms with Gasteiger partial charge in [0.15, 0.2) is 11.7 Å². The zero-order valence-electron chi connectivity index (χ0n) is 11.0. The molecule has 0 atom stereocenters. The van der Waals surface area contributed by atoms with E-state index >= 15 is 0 Å². The highest BCUT2D eigenvalue weighted by atomic mass is 79.9. The summed E-state index contributed by atoms with van der Waals surface area (Å²) in [6.45, 7) is 3.80. The van der Waals surface area contributed by atoms with Gasteiger partial charge < -0.3 is 9.73 Å². The van der Waals surface area contributed by atoms with E-state index in [0.717, 1.165) is 19.5 Å². The predicted octanol–water partition coefficient (Wildman–Crippen LogP) is 3.92. The van der Waals surface area contributed by atoms with Gasteiger partial charge in [-0.3, -0.25) is 0 Å². The van der Waals surface area contributed by atoms with Crippen molar-refractivity contribution in [3.05, 3.63) is 40.3 Å². The number of nitrogens with zero attached hydrogens (tertiary/aromatic N) is 1. The molecule has 0 amide bonds. The topological polar surface area (TPSA) is 38.1 Å². The third kappa shape index (κ3) is 3.64. The van der Waals surface area contributed by atoms with Crippen LogP contribution in [0.15, 0.2) is 27.2 Å². The van der Waals surface area contributed by atoms with E-state index in [1.54, 1.807) is 0 Å². The lowest BCUT2D eigenvalue weighted by Crippen LogP contribution is -2.14. The molecule has 0 aliphatic heterocycles. The van der Waals surface area contributed by atoms with Crippen LogP contribution in [0.3, 0.4) is 0 Å². The normalized spacial score (nSPS) is 11.0. The highest BCUT2D eigenvalue weighted by Gasteiger charge is 2.17. The lowest BCUT2D eigenvalue weighted by molar-refractivity contribution is 0.485. The molecular formula is C14H15BrF2N2O. The SMILES string of the molecule is CCNCCCc1ncc(-c2c(F)cc(Br)cc2F)o1. The number of hydrogen-bond acceptors (Lipinski definition) is 3. The monoisotopic (exact) mass is 344 g/mol. The van der Waals surface area contributed by atoms with Crippen LogP contribution in [0.4, 0.5) is 8.78 Å². The van der Waals surface area contributed by atoms with Gasteiger partial charge in [-0.15, -0.1) is 0 Å². The number of aromatic nitrogens is 1. The van der Waals surface area contributed by atoms with E-state index in [-0.39, 0.29) is 11.3 Å². The zero-order chi connectivity index (χ0) is 14.5. The molecule has 1 heterocycles. The second-order valence-electron chi connectivity index (χ2n) is 4.32. The first-order chi connectivity index (χ1) is 9.61. The second-order valence-corrected chi connectivity index (χ2v) is 5.24. The van der Waals surface area contributed by atoms with Crippen molar-refractivity contribution in [2.24, 2.45) is 0 Å². The molecule has 0 bridgehead atoms. The Kier molecular flexibility index (Phi) is 5.25. The van der Waals surface area contributed by atoms with Crippen LogP contribution >= 0.6 is 15.9 Å². The van der Waals surface area contributed by atoms with E-state index in [2.05, 4.69) is 26.2 Å². The molecule has 0 spiro atoms. The largest absolute Gasteiger partial charge is 0.441 e. The fraction of sp³-hybridized carbons (Fsp3) is 0.357. The molecule has 0 fully saturated rings. The lowest BCUT2D eigenvalue weighted by atomic mass is 10.1. The molecule has 2 aromatic rings. The zero-order valence-corrected chi connectivity index (χ0v) is 12.6. The van der Waals surface area contributed by atoms with E-state index in [1.807, 2.05) is 6.92 Å². The summed E-state index contributed by atoms with van der Waals surface area (Å²) in [6, 6.07) is 2.40. The van der Waals surface area contributed by atoms with Crippen LogP contribution in [0.25, 0.3) is 11.3 Å². The van der Waals surface area contributed by atoms with Crippen molar-refractivity contribution >= 4 is 15.9 Å². The van der Waals surface area contributed by atoms with Crippen molar-refractivity contribution in [3.63, 3.8) is 0 Å². The first-order valence-corrected chi connectivity index (χ1v) is 7.21. The van der Waals surface area contributed by atoms with Gasteiger partial charge in [-0.05, 0) is 31.6 Å². The van der Waals surface area contributed by atoms with E-state index in [9.17, 15) is 8.78 Å². The van der Waals surface area contributed by atoms with Crippen LogP contribution in [-0.2, 0) is 6.42 Å². The van der Waals surface area contributed by atoms with E-state index in [0.29, 0.717) is 16.8 Å². The molecule has 0 aliphatic carbocycles. The number of oxazole rings is 1. The van der Waals surface area contributed by atoms with Crippen molar-refractivity contribution in [2.75, 3.05) is 13.1 Å². The first-order valence-electron chi connectivity index (χ1n) is 6.42. The number of halogens is 3. The number of rotatable bonds is 6. The fourth-order valence-corrected chi connectivity index (χ4v) is 2.26. The first kappa shape index (κ1) is 15.1. The van der Waals surface area contributed by atoms with Gasteiger partial charge in [0.2, 0.25) is 0 Å². The second kappa shape index (κ2) is 6.95. The maximum atomic E-state index is 13.8. The Bertz CT molecular complexity index is 563. The molecule has 1 N–H and O–H groups in total. The Labute approximate surface area is 124 Å². The minimum Gasteiger partial charge on any atom is -0.441 e. The number of benzene rings is 1. The van der Waals surface area contributed by atoms with Crippen LogP contribution < -0.4 is 5.32 Å². The molecule has 20 heavy (non-hydrogen) atoms. The molecule has 6 heteroatoms. The Morgan fingerprint density at radius 2 is 2.00 bits per heavy atom. The quantitative estimate of drug-likeness (QED) is 0.807. The Morgan fingerprint density at radius 1 is 1.30 bits per heavy atom. The van der Waals surface area contributed by atoms with Gasteiger partial charge >= 0.3 is 0 Å². The maximum absolute atomic E-state index is 13.8. The highest BCUT2D eigenvalue weighted by Crippen LogP contribution is 2.29. The van der Waals surface area contributed by atoms with Gasteiger partial charge in [-0.2, -0.15) is 0 Å². The molecule has 1 aromatic carbocycles. The van der Waals surface area contributed by atoms with Crippen LogP contribution in [-0.4, -0.2) is 18.1 Å². The number of hydrogen-bond donors (Lipinski definition) is 1.